The minimum absolute atomic E-state index is 0.158. The topological polar surface area (TPSA) is 100 Å². The Kier molecular flexibility index (Phi) is 4.72. The molecule has 0 bridgehead atoms. The van der Waals surface area contributed by atoms with Gasteiger partial charge in [-0.2, -0.15) is 4.68 Å². The number of amides is 1. The molecular weight excluding hydrogens is 372 g/mol. The predicted molar refractivity (Wildman–Crippen MR) is 86.3 cm³/mol. The fourth-order valence-electron chi connectivity index (χ4n) is 2.13. The van der Waals surface area contributed by atoms with Crippen molar-refractivity contribution in [2.24, 2.45) is 5.73 Å². The summed E-state index contributed by atoms with van der Waals surface area (Å²) in [6.45, 7) is -0.434. The first-order valence-electron chi connectivity index (χ1n) is 7.12. The van der Waals surface area contributed by atoms with Gasteiger partial charge in [-0.15, -0.1) is 5.10 Å². The van der Waals surface area contributed by atoms with Crippen LogP contribution >= 0.6 is 11.6 Å². The Morgan fingerprint density at radius 1 is 1.23 bits per heavy atom. The number of hydrogen-bond donors (Lipinski definition) is 1. The van der Waals surface area contributed by atoms with Gasteiger partial charge in [-0.1, -0.05) is 11.6 Å². The number of aromatic nitrogens is 2. The van der Waals surface area contributed by atoms with Crippen LogP contribution in [0.1, 0.15) is 16.2 Å². The lowest BCUT2D eigenvalue weighted by Crippen LogP contribution is -2.16. The molecule has 26 heavy (non-hydrogen) atoms. The number of rotatable bonds is 5. The highest BCUT2D eigenvalue weighted by molar-refractivity contribution is 6.30. The monoisotopic (exact) mass is 381 g/mol. The Bertz CT molecular complexity index is 1030. The molecule has 0 atom stereocenters. The highest BCUT2D eigenvalue weighted by Crippen LogP contribution is 2.23. The van der Waals surface area contributed by atoms with Crippen molar-refractivity contribution >= 4 is 17.5 Å². The predicted octanol–water partition coefficient (Wildman–Crippen LogP) is 2.44. The molecular formula is C16H10ClF2N3O4. The summed E-state index contributed by atoms with van der Waals surface area (Å²) >= 11 is 5.78. The molecule has 3 aromatic rings. The van der Waals surface area contributed by atoms with Crippen LogP contribution < -0.4 is 16.2 Å². The van der Waals surface area contributed by atoms with Crippen molar-refractivity contribution in [2.75, 3.05) is 0 Å². The molecule has 3 rings (SSSR count). The van der Waals surface area contributed by atoms with E-state index in [1.165, 1.54) is 0 Å². The van der Waals surface area contributed by atoms with Gasteiger partial charge in [-0.3, -0.25) is 4.79 Å². The van der Waals surface area contributed by atoms with E-state index < -0.39 is 41.2 Å². The lowest BCUT2D eigenvalue weighted by atomic mass is 10.2. The van der Waals surface area contributed by atoms with Crippen LogP contribution in [-0.4, -0.2) is 15.7 Å². The number of benzene rings is 2. The molecule has 0 fully saturated rings. The van der Waals surface area contributed by atoms with Gasteiger partial charge >= 0.3 is 5.76 Å². The average Bonchev–Trinajstić information content (AvgIpc) is 2.95. The molecule has 0 saturated carbocycles. The summed E-state index contributed by atoms with van der Waals surface area (Å²) in [5.74, 6) is -5.02. The van der Waals surface area contributed by atoms with E-state index in [4.69, 9.17) is 26.5 Å². The smallest absolute Gasteiger partial charge is 0.442 e. The van der Waals surface area contributed by atoms with Crippen molar-refractivity contribution in [1.29, 1.82) is 0 Å². The third kappa shape index (κ3) is 3.42. The van der Waals surface area contributed by atoms with E-state index in [0.29, 0.717) is 10.7 Å². The van der Waals surface area contributed by atoms with Crippen LogP contribution in [0, 0.1) is 11.6 Å². The van der Waals surface area contributed by atoms with Crippen LogP contribution in [0.3, 0.4) is 0 Å². The average molecular weight is 382 g/mol. The van der Waals surface area contributed by atoms with Crippen molar-refractivity contribution < 1.29 is 22.7 Å². The minimum Gasteiger partial charge on any atom is -0.481 e. The Morgan fingerprint density at radius 3 is 2.58 bits per heavy atom. The molecule has 0 aliphatic carbocycles. The second-order valence-electron chi connectivity index (χ2n) is 5.04. The first-order chi connectivity index (χ1) is 12.4. The van der Waals surface area contributed by atoms with Gasteiger partial charge < -0.3 is 14.9 Å². The van der Waals surface area contributed by atoms with Crippen LogP contribution in [0.2, 0.25) is 5.02 Å². The molecule has 134 valence electrons. The molecule has 0 aliphatic heterocycles. The molecule has 1 heterocycles. The molecule has 10 heteroatoms. The number of hydrogen-bond acceptors (Lipinski definition) is 5. The molecule has 1 amide bonds. The van der Waals surface area contributed by atoms with Crippen LogP contribution in [0.15, 0.2) is 45.6 Å². The third-order valence-corrected chi connectivity index (χ3v) is 3.57. The summed E-state index contributed by atoms with van der Waals surface area (Å²) in [6, 6.07) is 8.04. The number of nitrogens with two attached hydrogens (primary N) is 1. The van der Waals surface area contributed by atoms with Gasteiger partial charge in [0.1, 0.15) is 11.4 Å². The fourth-order valence-corrected chi connectivity index (χ4v) is 2.26. The first-order valence-corrected chi connectivity index (χ1v) is 7.50. The van der Waals surface area contributed by atoms with E-state index >= 15 is 0 Å². The number of carbonyl (C=O) groups is 1. The number of ether oxygens (including phenoxy) is 1. The highest BCUT2D eigenvalue weighted by Gasteiger charge is 2.20. The van der Waals surface area contributed by atoms with E-state index in [2.05, 4.69) is 5.10 Å². The summed E-state index contributed by atoms with van der Waals surface area (Å²) in [5, 5.41) is 4.39. The van der Waals surface area contributed by atoms with E-state index in [-0.39, 0.29) is 5.89 Å². The highest BCUT2D eigenvalue weighted by atomic mass is 35.5. The summed E-state index contributed by atoms with van der Waals surface area (Å²) in [7, 11) is 0. The van der Waals surface area contributed by atoms with Gasteiger partial charge in [-0.05, 0) is 36.4 Å². The van der Waals surface area contributed by atoms with Crippen LogP contribution in [0.25, 0.3) is 5.69 Å². The SMILES string of the molecule is NC(=O)c1c(F)ccc(OCc2nn(-c3ccc(Cl)cc3)c(=O)o2)c1F. The Labute approximate surface area is 149 Å². The molecule has 0 spiro atoms. The number of nitrogens with zero attached hydrogens (tertiary/aromatic N) is 2. The van der Waals surface area contributed by atoms with Crippen LogP contribution in [0.4, 0.5) is 8.78 Å². The normalized spacial score (nSPS) is 10.7. The van der Waals surface area contributed by atoms with Gasteiger partial charge in [0.15, 0.2) is 18.2 Å². The molecule has 2 aromatic carbocycles. The Hall–Kier alpha value is -3.20. The Balaban J connectivity index is 1.82. The van der Waals surface area contributed by atoms with Crippen molar-refractivity contribution in [3.8, 4) is 11.4 Å². The van der Waals surface area contributed by atoms with Crippen molar-refractivity contribution in [3.05, 3.63) is 75.1 Å². The number of carbonyl (C=O) groups excluding carboxylic acids is 1. The van der Waals surface area contributed by atoms with Gasteiger partial charge in [-0.25, -0.2) is 13.6 Å². The van der Waals surface area contributed by atoms with Gasteiger partial charge in [0, 0.05) is 5.02 Å². The van der Waals surface area contributed by atoms with Crippen molar-refractivity contribution in [3.63, 3.8) is 0 Å². The fraction of sp³-hybridized carbons (Fsp3) is 0.0625. The van der Waals surface area contributed by atoms with E-state index in [0.717, 1.165) is 16.8 Å². The standard InChI is InChI=1S/C16H10ClF2N3O4/c17-8-1-3-9(4-2-8)22-16(24)26-12(21-22)7-25-11-6-5-10(18)13(14(11)19)15(20)23/h1-6H,7H2,(H2,20,23). The van der Waals surface area contributed by atoms with Crippen molar-refractivity contribution in [1.82, 2.24) is 9.78 Å². The molecule has 0 unspecified atom stereocenters. The number of halogens is 3. The number of primary amides is 1. The molecule has 0 radical (unpaired) electrons. The van der Waals surface area contributed by atoms with Crippen LogP contribution in [-0.2, 0) is 6.61 Å². The maximum absolute atomic E-state index is 14.1. The minimum atomic E-state index is -1.27. The first kappa shape index (κ1) is 17.6. The summed E-state index contributed by atoms with van der Waals surface area (Å²) in [4.78, 5) is 23.0. The van der Waals surface area contributed by atoms with E-state index in [1.54, 1.807) is 24.3 Å². The second kappa shape index (κ2) is 6.96. The molecule has 2 N–H and O–H groups in total. The van der Waals surface area contributed by atoms with Gasteiger partial charge in [0.25, 0.3) is 11.8 Å². The van der Waals surface area contributed by atoms with E-state index in [1.807, 2.05) is 0 Å². The summed E-state index contributed by atoms with van der Waals surface area (Å²) < 4.78 is 38.5. The summed E-state index contributed by atoms with van der Waals surface area (Å²) in [6.07, 6.45) is 0. The molecule has 7 nitrogen and oxygen atoms in total. The zero-order valence-corrected chi connectivity index (χ0v) is 13.7. The van der Waals surface area contributed by atoms with Gasteiger partial charge in [0.05, 0.1) is 5.69 Å². The second-order valence-corrected chi connectivity index (χ2v) is 5.47. The largest absolute Gasteiger partial charge is 0.481 e. The summed E-state index contributed by atoms with van der Waals surface area (Å²) in [5.41, 5.74) is 4.41. The van der Waals surface area contributed by atoms with E-state index in [9.17, 15) is 18.4 Å². The zero-order chi connectivity index (χ0) is 18.8. The lowest BCUT2D eigenvalue weighted by molar-refractivity contribution is 0.0991. The third-order valence-electron chi connectivity index (χ3n) is 3.31. The Morgan fingerprint density at radius 2 is 1.92 bits per heavy atom. The van der Waals surface area contributed by atoms with Crippen LogP contribution in [0.5, 0.6) is 5.75 Å². The molecule has 1 aromatic heterocycles. The maximum Gasteiger partial charge on any atom is 0.442 e. The maximum atomic E-state index is 14.1. The molecule has 0 aliphatic rings. The lowest BCUT2D eigenvalue weighted by Gasteiger charge is -2.07. The quantitative estimate of drug-likeness (QED) is 0.731. The zero-order valence-electron chi connectivity index (χ0n) is 12.9. The van der Waals surface area contributed by atoms with Crippen molar-refractivity contribution in [2.45, 2.75) is 6.61 Å². The van der Waals surface area contributed by atoms with Gasteiger partial charge in [0.2, 0.25) is 0 Å². The molecule has 0 saturated heterocycles.